The lowest BCUT2D eigenvalue weighted by atomic mass is 9.91. The van der Waals surface area contributed by atoms with Gasteiger partial charge in [-0.15, -0.1) is 0 Å². The summed E-state index contributed by atoms with van der Waals surface area (Å²) in [6.45, 7) is 8.79. The molecule has 0 amide bonds. The molecule has 170 valence electrons. The van der Waals surface area contributed by atoms with E-state index in [4.69, 9.17) is 0 Å². The number of carbonyl (C=O) groups is 1. The van der Waals surface area contributed by atoms with Crippen molar-refractivity contribution in [2.75, 3.05) is 13.6 Å². The predicted octanol–water partition coefficient (Wildman–Crippen LogP) is 6.78. The van der Waals surface area contributed by atoms with Crippen molar-refractivity contribution < 1.29 is 18.0 Å². The van der Waals surface area contributed by atoms with Crippen LogP contribution in [0.5, 0.6) is 0 Å². The van der Waals surface area contributed by atoms with E-state index in [9.17, 15) is 18.0 Å². The fourth-order valence-corrected chi connectivity index (χ4v) is 3.63. The van der Waals surface area contributed by atoms with Gasteiger partial charge in [0.15, 0.2) is 0 Å². The number of nitrogens with zero attached hydrogens (tertiary/aromatic N) is 3. The molecule has 0 aliphatic carbocycles. The number of aromatic nitrogens is 1. The van der Waals surface area contributed by atoms with Gasteiger partial charge in [-0.1, -0.05) is 19.9 Å². The maximum absolute atomic E-state index is 13.5. The second-order valence-corrected chi connectivity index (χ2v) is 8.08. The molecule has 2 aromatic carbocycles. The number of aryl methyl sites for hydroxylation is 1. The smallest absolute Gasteiger partial charge is 0.366 e. The Hall–Kier alpha value is -3.09. The molecule has 0 bridgehead atoms. The van der Waals surface area contributed by atoms with Gasteiger partial charge in [0.1, 0.15) is 0 Å². The highest BCUT2D eigenvalue weighted by Gasteiger charge is 2.33. The van der Waals surface area contributed by atoms with Gasteiger partial charge in [-0.05, 0) is 67.6 Å². The molecule has 0 saturated carbocycles. The molecular weight excluding hydrogens is 415 g/mol. The minimum atomic E-state index is -4.49. The number of benzene rings is 2. The number of hydrogen-bond donors (Lipinski definition) is 0. The molecular formula is C25H28F3N3O. The van der Waals surface area contributed by atoms with Crippen molar-refractivity contribution in [2.24, 2.45) is 4.99 Å². The van der Waals surface area contributed by atoms with Crippen LogP contribution >= 0.6 is 0 Å². The van der Waals surface area contributed by atoms with E-state index in [-0.39, 0.29) is 22.7 Å². The molecule has 0 N–H and O–H groups in total. The average molecular weight is 444 g/mol. The van der Waals surface area contributed by atoms with Crippen LogP contribution in [0.1, 0.15) is 60.2 Å². The second-order valence-electron chi connectivity index (χ2n) is 8.08. The van der Waals surface area contributed by atoms with Gasteiger partial charge >= 0.3 is 6.18 Å². The van der Waals surface area contributed by atoms with E-state index in [1.807, 2.05) is 45.7 Å². The van der Waals surface area contributed by atoms with Gasteiger partial charge < -0.3 is 4.90 Å². The molecule has 0 radical (unpaired) electrons. The monoisotopic (exact) mass is 443 g/mol. The minimum Gasteiger partial charge on any atom is -0.366 e. The van der Waals surface area contributed by atoms with Crippen LogP contribution in [0.25, 0.3) is 10.9 Å². The van der Waals surface area contributed by atoms with E-state index < -0.39 is 11.7 Å². The number of halogens is 3. The summed E-state index contributed by atoms with van der Waals surface area (Å²) in [7, 11) is 1.93. The standard InChI is InChI=1S/C25H28F3N3O/c1-6-16(3)19-14-22(29-15-30(5)7-2)17(4)13-20(19)24(32)31-12-11-18-21(25(26,27)28)9-8-10-23(18)31/h8-16H,6-7H2,1-5H3. The van der Waals surface area contributed by atoms with Crippen molar-refractivity contribution in [2.45, 2.75) is 46.2 Å². The molecule has 0 aliphatic heterocycles. The van der Waals surface area contributed by atoms with Crippen LogP contribution in [0.4, 0.5) is 18.9 Å². The van der Waals surface area contributed by atoms with Crippen LogP contribution in [-0.2, 0) is 6.18 Å². The highest BCUT2D eigenvalue weighted by atomic mass is 19.4. The number of fused-ring (bicyclic) bond motifs is 1. The molecule has 4 nitrogen and oxygen atoms in total. The van der Waals surface area contributed by atoms with Crippen LogP contribution in [0, 0.1) is 6.92 Å². The lowest BCUT2D eigenvalue weighted by molar-refractivity contribution is -0.136. The molecule has 7 heteroatoms. The van der Waals surface area contributed by atoms with Crippen LogP contribution in [-0.4, -0.2) is 35.3 Å². The molecule has 32 heavy (non-hydrogen) atoms. The molecule has 3 rings (SSSR count). The molecule has 0 aliphatic rings. The number of aliphatic imine (C=N–C) groups is 1. The summed E-state index contributed by atoms with van der Waals surface area (Å²) in [5.74, 6) is -0.265. The van der Waals surface area contributed by atoms with E-state index in [0.717, 1.165) is 35.8 Å². The number of alkyl halides is 3. The van der Waals surface area contributed by atoms with Crippen molar-refractivity contribution in [3.05, 3.63) is 64.8 Å². The third-order valence-electron chi connectivity index (χ3n) is 5.89. The maximum atomic E-state index is 13.5. The largest absolute Gasteiger partial charge is 0.417 e. The van der Waals surface area contributed by atoms with Gasteiger partial charge in [-0.25, -0.2) is 4.99 Å². The summed E-state index contributed by atoms with van der Waals surface area (Å²) in [6.07, 6.45) is -0.507. The topological polar surface area (TPSA) is 37.6 Å². The van der Waals surface area contributed by atoms with Crippen LogP contribution < -0.4 is 0 Å². The summed E-state index contributed by atoms with van der Waals surface area (Å²) in [6, 6.07) is 8.97. The Morgan fingerprint density at radius 3 is 2.56 bits per heavy atom. The van der Waals surface area contributed by atoms with Crippen LogP contribution in [0.2, 0.25) is 0 Å². The third-order valence-corrected chi connectivity index (χ3v) is 5.89. The van der Waals surface area contributed by atoms with Crippen molar-refractivity contribution >= 4 is 28.8 Å². The number of rotatable bonds is 6. The van der Waals surface area contributed by atoms with Crippen molar-refractivity contribution in [1.82, 2.24) is 9.47 Å². The Balaban J connectivity index is 2.14. The predicted molar refractivity (Wildman–Crippen MR) is 123 cm³/mol. The van der Waals surface area contributed by atoms with E-state index in [2.05, 4.69) is 4.99 Å². The molecule has 0 saturated heterocycles. The van der Waals surface area contributed by atoms with Gasteiger partial charge in [-0.3, -0.25) is 9.36 Å². The molecule has 3 aromatic rings. The molecule has 1 unspecified atom stereocenters. The van der Waals surface area contributed by atoms with Crippen molar-refractivity contribution in [1.29, 1.82) is 0 Å². The van der Waals surface area contributed by atoms with E-state index in [1.54, 1.807) is 12.4 Å². The Morgan fingerprint density at radius 2 is 1.94 bits per heavy atom. The quantitative estimate of drug-likeness (QED) is 0.311. The van der Waals surface area contributed by atoms with Gasteiger partial charge in [0.05, 0.1) is 23.1 Å². The summed E-state index contributed by atoms with van der Waals surface area (Å²) in [4.78, 5) is 20.0. The van der Waals surface area contributed by atoms with Gasteiger partial charge in [-0.2, -0.15) is 13.2 Å². The summed E-state index contributed by atoms with van der Waals surface area (Å²) < 4.78 is 41.5. The summed E-state index contributed by atoms with van der Waals surface area (Å²) in [5, 5.41) is 0.0129. The van der Waals surface area contributed by atoms with Gasteiger partial charge in [0.25, 0.3) is 5.91 Å². The summed E-state index contributed by atoms with van der Waals surface area (Å²) >= 11 is 0. The first-order valence-electron chi connectivity index (χ1n) is 10.7. The van der Waals surface area contributed by atoms with Gasteiger partial charge in [0, 0.05) is 30.7 Å². The molecule has 0 spiro atoms. The normalized spacial score (nSPS) is 13.1. The summed E-state index contributed by atoms with van der Waals surface area (Å²) in [5.41, 5.74) is 2.41. The molecule has 1 atom stereocenters. The Bertz CT molecular complexity index is 1160. The minimum absolute atomic E-state index is 0.0129. The van der Waals surface area contributed by atoms with E-state index in [0.29, 0.717) is 5.56 Å². The number of hydrogen-bond acceptors (Lipinski definition) is 2. The Labute approximate surface area is 186 Å². The highest BCUT2D eigenvalue weighted by molar-refractivity contribution is 6.04. The SMILES string of the molecule is CCC(C)c1cc(N=CN(C)CC)c(C)cc1C(=O)n1ccc2c(C(F)(F)F)cccc21. The zero-order chi connectivity index (χ0) is 23.6. The van der Waals surface area contributed by atoms with Gasteiger partial charge in [0.2, 0.25) is 0 Å². The zero-order valence-corrected chi connectivity index (χ0v) is 19.0. The fraction of sp³-hybridized carbons (Fsp3) is 0.360. The Kier molecular flexibility index (Phi) is 6.77. The maximum Gasteiger partial charge on any atom is 0.417 e. The van der Waals surface area contributed by atoms with Crippen molar-refractivity contribution in [3.8, 4) is 0 Å². The molecule has 0 fully saturated rings. The first kappa shape index (κ1) is 23.6. The zero-order valence-electron chi connectivity index (χ0n) is 19.0. The first-order chi connectivity index (χ1) is 15.1. The third kappa shape index (κ3) is 4.56. The molecule has 1 aromatic heterocycles. The fourth-order valence-electron chi connectivity index (χ4n) is 3.63. The molecule has 1 heterocycles. The second kappa shape index (κ2) is 9.18. The van der Waals surface area contributed by atoms with E-state index >= 15 is 0 Å². The van der Waals surface area contributed by atoms with Crippen LogP contribution in [0.3, 0.4) is 0 Å². The average Bonchev–Trinajstić information content (AvgIpc) is 3.20. The van der Waals surface area contributed by atoms with Crippen LogP contribution in [0.15, 0.2) is 47.6 Å². The number of carbonyl (C=O) groups excluding carboxylic acids is 1. The van der Waals surface area contributed by atoms with Crippen molar-refractivity contribution in [3.63, 3.8) is 0 Å². The van der Waals surface area contributed by atoms with E-state index in [1.165, 1.54) is 29.0 Å². The first-order valence-corrected chi connectivity index (χ1v) is 10.7. The lowest BCUT2D eigenvalue weighted by Gasteiger charge is -2.18. The highest BCUT2D eigenvalue weighted by Crippen LogP contribution is 2.36. The lowest BCUT2D eigenvalue weighted by Crippen LogP contribution is -2.16. The Morgan fingerprint density at radius 1 is 1.22 bits per heavy atom.